The highest BCUT2D eigenvalue weighted by atomic mass is 16.5. The van der Waals surface area contributed by atoms with Crippen molar-refractivity contribution in [2.24, 2.45) is 40.9 Å². The van der Waals surface area contributed by atoms with Crippen LogP contribution >= 0.6 is 0 Å². The molecule has 1 spiro atoms. The minimum absolute atomic E-state index is 0.000159. The Hall–Kier alpha value is -1.91. The summed E-state index contributed by atoms with van der Waals surface area (Å²) in [4.78, 5) is 13.9. The first kappa shape index (κ1) is 20.7. The molecule has 1 amide bonds. The number of aliphatic hydroxyl groups excluding tert-OH is 1. The molecule has 0 bridgehead atoms. The van der Waals surface area contributed by atoms with Gasteiger partial charge < -0.3 is 15.2 Å². The van der Waals surface area contributed by atoms with Gasteiger partial charge in [0.2, 0.25) is 5.91 Å². The molecule has 0 aromatic heterocycles. The lowest BCUT2D eigenvalue weighted by molar-refractivity contribution is -0.147. The summed E-state index contributed by atoms with van der Waals surface area (Å²) in [6.45, 7) is 11.2. The molecule has 4 fully saturated rings. The number of nitrogens with one attached hydrogen (secondary N) is 1. The summed E-state index contributed by atoms with van der Waals surface area (Å²) in [6.07, 6.45) is 4.38. The molecule has 5 aliphatic rings. The number of hydrogen-bond acceptors (Lipinski definition) is 3. The molecular formula is C28H35NO3. The van der Waals surface area contributed by atoms with Crippen LogP contribution in [0.3, 0.4) is 0 Å². The predicted octanol–water partition coefficient (Wildman–Crippen LogP) is 3.90. The first-order valence-corrected chi connectivity index (χ1v) is 12.4. The van der Waals surface area contributed by atoms with Gasteiger partial charge in [-0.1, -0.05) is 62.4 Å². The fraction of sp³-hybridized carbons (Fsp3) is 0.607. The lowest BCUT2D eigenvalue weighted by Crippen LogP contribution is -2.56. The average molecular weight is 434 g/mol. The quantitative estimate of drug-likeness (QED) is 0.696. The summed E-state index contributed by atoms with van der Waals surface area (Å²) in [5.74, 6) is 0.889. The van der Waals surface area contributed by atoms with Gasteiger partial charge in [0.1, 0.15) is 0 Å². The highest BCUT2D eigenvalue weighted by Gasteiger charge is 2.78. The standard InChI is InChI=1S/C28H35NO3/c1-14-10-15(2)12-21-22-19(11-14)26(30)28-23(16(3)17(4)25(32-21)24(22)28)20(29-27(28)31)13-18-8-6-5-7-9-18/h5-9,11,15-16,19-26,30H,4,10,12-13H2,1-3H3,(H,29,31)/b14-11-/t15-,16-,19+,20+,21-,22-,23+,24+,25-,26-,28-/m1/s1. The molecule has 2 heterocycles. The van der Waals surface area contributed by atoms with Crippen LogP contribution in [-0.2, 0) is 16.0 Å². The van der Waals surface area contributed by atoms with Crippen molar-refractivity contribution < 1.29 is 14.6 Å². The van der Waals surface area contributed by atoms with Crippen molar-refractivity contribution in [1.82, 2.24) is 5.32 Å². The summed E-state index contributed by atoms with van der Waals surface area (Å²) < 4.78 is 6.73. The van der Waals surface area contributed by atoms with Crippen LogP contribution in [0, 0.1) is 40.9 Å². The van der Waals surface area contributed by atoms with E-state index in [2.05, 4.69) is 63.0 Å². The topological polar surface area (TPSA) is 58.6 Å². The molecule has 2 aliphatic heterocycles. The summed E-state index contributed by atoms with van der Waals surface area (Å²) >= 11 is 0. The Morgan fingerprint density at radius 3 is 2.72 bits per heavy atom. The average Bonchev–Trinajstić information content (AvgIpc) is 3.33. The smallest absolute Gasteiger partial charge is 0.229 e. The Morgan fingerprint density at radius 2 is 1.97 bits per heavy atom. The van der Waals surface area contributed by atoms with E-state index in [0.29, 0.717) is 5.92 Å². The molecule has 11 atom stereocenters. The van der Waals surface area contributed by atoms with Gasteiger partial charge >= 0.3 is 0 Å². The lowest BCUT2D eigenvalue weighted by atomic mass is 9.53. The molecule has 3 aliphatic carbocycles. The molecule has 4 nitrogen and oxygen atoms in total. The van der Waals surface area contributed by atoms with E-state index in [1.807, 2.05) is 6.07 Å². The van der Waals surface area contributed by atoms with E-state index in [1.165, 1.54) is 11.1 Å². The van der Waals surface area contributed by atoms with E-state index >= 15 is 0 Å². The van der Waals surface area contributed by atoms with Crippen molar-refractivity contribution >= 4 is 5.91 Å². The van der Waals surface area contributed by atoms with Crippen LogP contribution in [0.5, 0.6) is 0 Å². The van der Waals surface area contributed by atoms with E-state index in [4.69, 9.17) is 4.74 Å². The molecule has 4 heteroatoms. The van der Waals surface area contributed by atoms with Gasteiger partial charge in [0, 0.05) is 29.7 Å². The second-order valence-corrected chi connectivity index (χ2v) is 11.4. The number of carbonyl (C=O) groups is 1. The zero-order chi connectivity index (χ0) is 22.4. The highest BCUT2D eigenvalue weighted by molar-refractivity contribution is 5.89. The second kappa shape index (κ2) is 7.04. The van der Waals surface area contributed by atoms with Crippen LogP contribution in [0.1, 0.15) is 39.2 Å². The van der Waals surface area contributed by atoms with Gasteiger partial charge in [-0.05, 0) is 49.2 Å². The summed E-state index contributed by atoms with van der Waals surface area (Å²) in [5, 5.41) is 15.4. The molecule has 0 unspecified atom stereocenters. The minimum atomic E-state index is -0.792. The van der Waals surface area contributed by atoms with E-state index in [1.54, 1.807) is 0 Å². The van der Waals surface area contributed by atoms with E-state index in [-0.39, 0.29) is 53.7 Å². The molecular weight excluding hydrogens is 398 g/mol. The molecule has 0 radical (unpaired) electrons. The Kier molecular flexibility index (Phi) is 4.55. The first-order valence-electron chi connectivity index (χ1n) is 12.4. The number of hydrogen-bond donors (Lipinski definition) is 2. The third-order valence-electron chi connectivity index (χ3n) is 9.61. The fourth-order valence-electron chi connectivity index (χ4n) is 8.61. The Balaban J connectivity index is 1.48. The minimum Gasteiger partial charge on any atom is -0.391 e. The van der Waals surface area contributed by atoms with Gasteiger partial charge in [-0.25, -0.2) is 0 Å². The van der Waals surface area contributed by atoms with E-state index < -0.39 is 11.5 Å². The van der Waals surface area contributed by atoms with Crippen LogP contribution in [0.25, 0.3) is 0 Å². The van der Waals surface area contributed by atoms with Crippen molar-refractivity contribution in [2.45, 2.75) is 64.4 Å². The maximum atomic E-state index is 13.9. The number of carbonyl (C=O) groups excluding carboxylic acids is 1. The van der Waals surface area contributed by atoms with Crippen molar-refractivity contribution in [3.8, 4) is 0 Å². The Bertz CT molecular complexity index is 986. The molecule has 2 N–H and O–H groups in total. The SMILES string of the molecule is C=C1[C@@H](C)[C@H]2[C@H](Cc3ccccc3)NC(=O)[C@@]23[C@H]2[C@@H]4[C@H](/C=C(/C)C[C@@H](C)C[C@H]4O[C@H]12)[C@H]3O. The number of ether oxygens (including phenoxy) is 1. The lowest BCUT2D eigenvalue weighted by Gasteiger charge is -2.49. The Labute approximate surface area is 191 Å². The summed E-state index contributed by atoms with van der Waals surface area (Å²) in [5.41, 5.74) is 2.89. The third-order valence-corrected chi connectivity index (χ3v) is 9.61. The van der Waals surface area contributed by atoms with Gasteiger partial charge in [0.05, 0.1) is 23.7 Å². The van der Waals surface area contributed by atoms with Crippen molar-refractivity contribution in [1.29, 1.82) is 0 Å². The predicted molar refractivity (Wildman–Crippen MR) is 124 cm³/mol. The van der Waals surface area contributed by atoms with Gasteiger partial charge in [-0.2, -0.15) is 0 Å². The van der Waals surface area contributed by atoms with Gasteiger partial charge in [-0.15, -0.1) is 0 Å². The largest absolute Gasteiger partial charge is 0.391 e. The van der Waals surface area contributed by atoms with Crippen LogP contribution in [0.4, 0.5) is 0 Å². The van der Waals surface area contributed by atoms with Crippen LogP contribution in [-0.4, -0.2) is 35.4 Å². The van der Waals surface area contributed by atoms with Crippen LogP contribution < -0.4 is 5.32 Å². The summed E-state index contributed by atoms with van der Waals surface area (Å²) in [6, 6.07) is 10.4. The Morgan fingerprint density at radius 1 is 1.22 bits per heavy atom. The number of rotatable bonds is 2. The van der Waals surface area contributed by atoms with E-state index in [9.17, 15) is 9.90 Å². The van der Waals surface area contributed by atoms with Gasteiger partial charge in [-0.3, -0.25) is 4.79 Å². The van der Waals surface area contributed by atoms with Crippen molar-refractivity contribution in [3.63, 3.8) is 0 Å². The van der Waals surface area contributed by atoms with Crippen molar-refractivity contribution in [3.05, 3.63) is 59.7 Å². The maximum Gasteiger partial charge on any atom is 0.229 e. The molecule has 1 aromatic carbocycles. The number of allylic oxidation sites excluding steroid dienone is 1. The maximum absolute atomic E-state index is 13.9. The first-order chi connectivity index (χ1) is 15.3. The fourth-order valence-corrected chi connectivity index (χ4v) is 8.61. The van der Waals surface area contributed by atoms with Crippen LogP contribution in [0.15, 0.2) is 54.1 Å². The number of aliphatic hydroxyl groups is 1. The number of benzene rings is 1. The highest BCUT2D eigenvalue weighted by Crippen LogP contribution is 2.70. The second-order valence-electron chi connectivity index (χ2n) is 11.4. The summed E-state index contributed by atoms with van der Waals surface area (Å²) in [7, 11) is 0. The van der Waals surface area contributed by atoms with Crippen molar-refractivity contribution in [2.75, 3.05) is 0 Å². The molecule has 6 rings (SSSR count). The molecule has 170 valence electrons. The third kappa shape index (κ3) is 2.54. The van der Waals surface area contributed by atoms with Gasteiger partial charge in [0.25, 0.3) is 0 Å². The molecule has 2 saturated carbocycles. The monoisotopic (exact) mass is 433 g/mol. The number of amides is 1. The zero-order valence-corrected chi connectivity index (χ0v) is 19.3. The van der Waals surface area contributed by atoms with Gasteiger partial charge in [0.15, 0.2) is 0 Å². The molecule has 32 heavy (non-hydrogen) atoms. The molecule has 2 saturated heterocycles. The van der Waals surface area contributed by atoms with Crippen LogP contribution in [0.2, 0.25) is 0 Å². The van der Waals surface area contributed by atoms with E-state index in [0.717, 1.165) is 24.8 Å². The normalized spacial score (nSPS) is 50.7. The zero-order valence-electron chi connectivity index (χ0n) is 19.3. The molecule has 1 aromatic rings.